The zero-order chi connectivity index (χ0) is 8.48. The lowest BCUT2D eigenvalue weighted by molar-refractivity contribution is 0.424. The van der Waals surface area contributed by atoms with E-state index in [1.165, 1.54) is 0 Å². The van der Waals surface area contributed by atoms with E-state index in [9.17, 15) is 8.42 Å². The SMILES string of the molecule is CCN(C1CC1)S(=O)(=O)CBr. The van der Waals surface area contributed by atoms with E-state index in [-0.39, 0.29) is 4.66 Å². The van der Waals surface area contributed by atoms with Crippen LogP contribution in [-0.2, 0) is 10.0 Å². The minimum absolute atomic E-state index is 0.0460. The van der Waals surface area contributed by atoms with Gasteiger partial charge in [0.15, 0.2) is 0 Å². The van der Waals surface area contributed by atoms with Crippen molar-refractivity contribution >= 4 is 26.0 Å². The maximum absolute atomic E-state index is 11.3. The molecule has 1 aliphatic rings. The molecule has 0 unspecified atom stereocenters. The van der Waals surface area contributed by atoms with Crippen molar-refractivity contribution in [3.8, 4) is 0 Å². The fraction of sp³-hybridized carbons (Fsp3) is 1.00. The van der Waals surface area contributed by atoms with E-state index in [0.717, 1.165) is 12.8 Å². The van der Waals surface area contributed by atoms with Crippen LogP contribution in [0.2, 0.25) is 0 Å². The fourth-order valence-electron chi connectivity index (χ4n) is 1.11. The van der Waals surface area contributed by atoms with Crippen molar-refractivity contribution in [1.82, 2.24) is 4.31 Å². The third-order valence-electron chi connectivity index (χ3n) is 1.76. The van der Waals surface area contributed by atoms with Crippen LogP contribution in [0, 0.1) is 0 Å². The average molecular weight is 242 g/mol. The number of halogens is 1. The van der Waals surface area contributed by atoms with Gasteiger partial charge in [0.1, 0.15) is 4.66 Å². The Hall–Kier alpha value is 0.390. The van der Waals surface area contributed by atoms with Crippen LogP contribution in [0.3, 0.4) is 0 Å². The van der Waals surface area contributed by atoms with Crippen molar-refractivity contribution < 1.29 is 8.42 Å². The van der Waals surface area contributed by atoms with Crippen molar-refractivity contribution in [2.24, 2.45) is 0 Å². The smallest absolute Gasteiger partial charge is 0.211 e. The highest BCUT2D eigenvalue weighted by molar-refractivity contribution is 9.10. The van der Waals surface area contributed by atoms with Gasteiger partial charge in [0.25, 0.3) is 0 Å². The van der Waals surface area contributed by atoms with Crippen LogP contribution in [0.25, 0.3) is 0 Å². The van der Waals surface area contributed by atoms with Gasteiger partial charge < -0.3 is 0 Å². The van der Waals surface area contributed by atoms with Crippen LogP contribution in [0.1, 0.15) is 19.8 Å². The summed E-state index contributed by atoms with van der Waals surface area (Å²) in [6.45, 7) is 2.47. The molecule has 0 N–H and O–H groups in total. The van der Waals surface area contributed by atoms with E-state index in [2.05, 4.69) is 15.9 Å². The molecule has 0 bridgehead atoms. The molecule has 3 nitrogen and oxygen atoms in total. The Bertz CT molecular complexity index is 223. The normalized spacial score (nSPS) is 19.2. The molecule has 1 rings (SSSR count). The van der Waals surface area contributed by atoms with Gasteiger partial charge in [-0.1, -0.05) is 22.9 Å². The van der Waals surface area contributed by atoms with Gasteiger partial charge in [-0.25, -0.2) is 8.42 Å². The highest BCUT2D eigenvalue weighted by Gasteiger charge is 2.35. The zero-order valence-corrected chi connectivity index (χ0v) is 8.86. The van der Waals surface area contributed by atoms with E-state index in [0.29, 0.717) is 12.6 Å². The molecule has 0 atom stereocenters. The minimum atomic E-state index is -3.00. The molecule has 0 amide bonds. The highest BCUT2D eigenvalue weighted by atomic mass is 79.9. The second-order valence-electron chi connectivity index (χ2n) is 2.66. The lowest BCUT2D eigenvalue weighted by Crippen LogP contribution is -2.33. The Kier molecular flexibility index (Phi) is 2.94. The molecule has 0 aromatic rings. The molecule has 5 heteroatoms. The van der Waals surface area contributed by atoms with Gasteiger partial charge in [-0.3, -0.25) is 0 Å². The van der Waals surface area contributed by atoms with Gasteiger partial charge in [-0.2, -0.15) is 4.31 Å². The Morgan fingerprint density at radius 2 is 2.09 bits per heavy atom. The Morgan fingerprint density at radius 3 is 2.36 bits per heavy atom. The van der Waals surface area contributed by atoms with Gasteiger partial charge in [-0.15, -0.1) is 0 Å². The summed E-state index contributed by atoms with van der Waals surface area (Å²) in [6.07, 6.45) is 2.06. The second kappa shape index (κ2) is 3.41. The third-order valence-corrected chi connectivity index (χ3v) is 5.04. The molecule has 0 radical (unpaired) electrons. The monoisotopic (exact) mass is 241 g/mol. The lowest BCUT2D eigenvalue weighted by atomic mass is 10.6. The fourth-order valence-corrected chi connectivity index (χ4v) is 3.08. The number of hydrogen-bond donors (Lipinski definition) is 0. The highest BCUT2D eigenvalue weighted by Crippen LogP contribution is 2.29. The topological polar surface area (TPSA) is 37.4 Å². The molecule has 1 saturated carbocycles. The summed E-state index contributed by atoms with van der Waals surface area (Å²) in [6, 6.07) is 0.294. The predicted octanol–water partition coefficient (Wildman–Crippen LogP) is 1.15. The van der Waals surface area contributed by atoms with Crippen molar-refractivity contribution in [1.29, 1.82) is 0 Å². The van der Waals surface area contributed by atoms with E-state index >= 15 is 0 Å². The lowest BCUT2D eigenvalue weighted by Gasteiger charge is -2.17. The quantitative estimate of drug-likeness (QED) is 0.693. The first kappa shape index (κ1) is 9.48. The molecule has 0 heterocycles. The molecule has 1 aliphatic carbocycles. The molecule has 1 fully saturated rings. The number of sulfonamides is 1. The third kappa shape index (κ3) is 2.16. The summed E-state index contributed by atoms with van der Waals surface area (Å²) in [5, 5.41) is 0. The van der Waals surface area contributed by atoms with E-state index in [4.69, 9.17) is 0 Å². The van der Waals surface area contributed by atoms with Crippen LogP contribution >= 0.6 is 15.9 Å². The maximum Gasteiger partial charge on any atom is 0.224 e. The molecular weight excluding hydrogens is 230 g/mol. The minimum Gasteiger partial charge on any atom is -0.211 e. The first-order valence-corrected chi connectivity index (χ1v) is 6.40. The van der Waals surface area contributed by atoms with Crippen molar-refractivity contribution in [3.63, 3.8) is 0 Å². The molecule has 0 aromatic carbocycles. The first-order valence-electron chi connectivity index (χ1n) is 3.67. The first-order chi connectivity index (χ1) is 5.11. The Morgan fingerprint density at radius 1 is 1.55 bits per heavy atom. The van der Waals surface area contributed by atoms with Gasteiger partial charge in [0.05, 0.1) is 0 Å². The van der Waals surface area contributed by atoms with Gasteiger partial charge >= 0.3 is 0 Å². The van der Waals surface area contributed by atoms with Crippen molar-refractivity contribution in [2.45, 2.75) is 25.8 Å². The molecule has 0 aromatic heterocycles. The van der Waals surface area contributed by atoms with Crippen LogP contribution in [-0.4, -0.2) is 30.0 Å². The molecular formula is C6H12BrNO2S. The summed E-state index contributed by atoms with van der Waals surface area (Å²) in [4.78, 5) is 0. The van der Waals surface area contributed by atoms with Crippen molar-refractivity contribution in [3.05, 3.63) is 0 Å². The van der Waals surface area contributed by atoms with Crippen LogP contribution < -0.4 is 0 Å². The number of alkyl halides is 1. The van der Waals surface area contributed by atoms with E-state index in [1.54, 1.807) is 4.31 Å². The molecule has 0 aliphatic heterocycles. The maximum atomic E-state index is 11.3. The molecule has 11 heavy (non-hydrogen) atoms. The second-order valence-corrected chi connectivity index (χ2v) is 5.88. The predicted molar refractivity (Wildman–Crippen MR) is 48.1 cm³/mol. The van der Waals surface area contributed by atoms with Crippen molar-refractivity contribution in [2.75, 3.05) is 11.2 Å². The summed E-state index contributed by atoms with van der Waals surface area (Å²) >= 11 is 2.98. The number of nitrogens with zero attached hydrogens (tertiary/aromatic N) is 1. The standard InChI is InChI=1S/C6H12BrNO2S/c1-2-8(6-3-4-6)11(9,10)5-7/h6H,2-5H2,1H3. The van der Waals surface area contributed by atoms with Crippen LogP contribution in [0.15, 0.2) is 0 Å². The summed E-state index contributed by atoms with van der Waals surface area (Å²) in [5.74, 6) is 0. The van der Waals surface area contributed by atoms with E-state index in [1.807, 2.05) is 6.92 Å². The summed E-state index contributed by atoms with van der Waals surface area (Å²) in [5.41, 5.74) is 0. The summed E-state index contributed by atoms with van der Waals surface area (Å²) < 4.78 is 24.2. The molecule has 66 valence electrons. The zero-order valence-electron chi connectivity index (χ0n) is 6.46. The van der Waals surface area contributed by atoms with E-state index < -0.39 is 10.0 Å². The van der Waals surface area contributed by atoms with Gasteiger partial charge in [0.2, 0.25) is 10.0 Å². The molecule has 0 spiro atoms. The summed E-state index contributed by atoms with van der Waals surface area (Å²) in [7, 11) is -3.00. The Labute approximate surface area is 75.9 Å². The van der Waals surface area contributed by atoms with Gasteiger partial charge in [-0.05, 0) is 12.8 Å². The average Bonchev–Trinajstić information content (AvgIpc) is 2.73. The van der Waals surface area contributed by atoms with Gasteiger partial charge in [0, 0.05) is 12.6 Å². The molecule has 0 saturated heterocycles. The van der Waals surface area contributed by atoms with Crippen LogP contribution in [0.4, 0.5) is 0 Å². The largest absolute Gasteiger partial charge is 0.224 e. The number of rotatable bonds is 4. The number of hydrogen-bond acceptors (Lipinski definition) is 2. The van der Waals surface area contributed by atoms with Crippen LogP contribution in [0.5, 0.6) is 0 Å². The Balaban J connectivity index is 2.67.